The fourth-order valence-corrected chi connectivity index (χ4v) is 7.24. The summed E-state index contributed by atoms with van der Waals surface area (Å²) in [5, 5.41) is 87.1. The number of aromatic hydroxyl groups is 8. The lowest BCUT2D eigenvalue weighted by atomic mass is 10.0. The molecule has 2 aliphatic heterocycles. The van der Waals surface area contributed by atoms with E-state index in [-0.39, 0.29) is 68.2 Å². The van der Waals surface area contributed by atoms with Crippen LogP contribution in [-0.4, -0.2) is 60.8 Å². The van der Waals surface area contributed by atoms with Crippen LogP contribution >= 0.6 is 0 Å². The monoisotopic (exact) mass is 742 g/mol. The van der Waals surface area contributed by atoms with Crippen molar-refractivity contribution in [1.29, 1.82) is 0 Å². The van der Waals surface area contributed by atoms with Crippen LogP contribution in [0, 0.1) is 0 Å². The van der Waals surface area contributed by atoms with E-state index in [1.54, 1.807) is 48.6 Å². The standard InChI is InChI=1S/C44H30N4O8/c49-21-1-13-37(53)25(17-21)41-29-5-7-31(45-29)42(26-18-22(50)2-14-38(26)54)33-9-11-35(47-33)44(28-20-24(52)4-16-40(28)56)36-12-10-34(48-36)43(32-8-6-30(41)46-32)27-19-23(51)3-15-39(27)55/h1-20,45-46,49-56H. The minimum Gasteiger partial charge on any atom is -0.508 e. The first kappa shape index (κ1) is 33.7. The molecule has 0 aliphatic carbocycles. The third-order valence-corrected chi connectivity index (χ3v) is 9.75. The number of phenols is 8. The largest absolute Gasteiger partial charge is 0.508 e. The maximum Gasteiger partial charge on any atom is 0.123 e. The second-order valence-corrected chi connectivity index (χ2v) is 13.3. The number of nitrogens with one attached hydrogen (secondary N) is 2. The van der Waals surface area contributed by atoms with E-state index in [0.29, 0.717) is 67.1 Å². The van der Waals surface area contributed by atoms with Gasteiger partial charge in [0.25, 0.3) is 0 Å². The molecule has 10 N–H and O–H groups in total. The average molecular weight is 743 g/mol. The normalized spacial score (nSPS) is 12.0. The highest BCUT2D eigenvalue weighted by molar-refractivity contribution is 6.02. The zero-order valence-corrected chi connectivity index (χ0v) is 29.0. The van der Waals surface area contributed by atoms with Crippen molar-refractivity contribution in [3.8, 4) is 90.5 Å². The Morgan fingerprint density at radius 3 is 0.911 bits per heavy atom. The molecule has 12 nitrogen and oxygen atoms in total. The van der Waals surface area contributed by atoms with E-state index < -0.39 is 0 Å². The van der Waals surface area contributed by atoms with Crippen LogP contribution in [-0.2, 0) is 0 Å². The zero-order chi connectivity index (χ0) is 38.8. The van der Waals surface area contributed by atoms with Crippen LogP contribution in [0.15, 0.2) is 97.1 Å². The van der Waals surface area contributed by atoms with Crippen molar-refractivity contribution in [2.24, 2.45) is 0 Å². The summed E-state index contributed by atoms with van der Waals surface area (Å²) in [5.41, 5.74) is 5.76. The Labute approximate surface area is 316 Å². The summed E-state index contributed by atoms with van der Waals surface area (Å²) in [6.45, 7) is 0. The molecule has 0 saturated heterocycles. The number of hydrogen-bond donors (Lipinski definition) is 10. The lowest BCUT2D eigenvalue weighted by molar-refractivity contribution is 0.462. The van der Waals surface area contributed by atoms with Crippen molar-refractivity contribution in [3.63, 3.8) is 0 Å². The Morgan fingerprint density at radius 1 is 0.304 bits per heavy atom. The van der Waals surface area contributed by atoms with Crippen LogP contribution in [0.1, 0.15) is 22.8 Å². The van der Waals surface area contributed by atoms with Crippen molar-refractivity contribution in [1.82, 2.24) is 19.9 Å². The number of rotatable bonds is 4. The molecule has 4 aromatic carbocycles. The Balaban J connectivity index is 1.52. The second-order valence-electron chi connectivity index (χ2n) is 13.3. The van der Waals surface area contributed by atoms with Gasteiger partial charge in [-0.15, -0.1) is 0 Å². The van der Waals surface area contributed by atoms with Crippen molar-refractivity contribution in [2.75, 3.05) is 0 Å². The van der Waals surface area contributed by atoms with Crippen LogP contribution in [0.25, 0.3) is 90.9 Å². The second kappa shape index (κ2) is 12.8. The van der Waals surface area contributed by atoms with E-state index >= 15 is 0 Å². The molecule has 0 unspecified atom stereocenters. The maximum atomic E-state index is 11.2. The molecule has 9 rings (SSSR count). The molecule has 12 heteroatoms. The molecule has 0 spiro atoms. The fraction of sp³-hybridized carbons (Fsp3) is 0. The van der Waals surface area contributed by atoms with Crippen LogP contribution in [0.2, 0.25) is 0 Å². The van der Waals surface area contributed by atoms with Crippen LogP contribution in [0.5, 0.6) is 46.0 Å². The first-order valence-electron chi connectivity index (χ1n) is 17.3. The molecule has 7 aromatic rings. The summed E-state index contributed by atoms with van der Waals surface area (Å²) in [7, 11) is 0. The molecule has 0 radical (unpaired) electrons. The number of H-pyrrole nitrogens is 2. The van der Waals surface area contributed by atoms with Gasteiger partial charge in [-0.3, -0.25) is 0 Å². The summed E-state index contributed by atoms with van der Waals surface area (Å²) in [6, 6.07) is 23.5. The molecule has 5 heterocycles. The van der Waals surface area contributed by atoms with Crippen molar-refractivity contribution in [2.45, 2.75) is 0 Å². The predicted molar refractivity (Wildman–Crippen MR) is 214 cm³/mol. The van der Waals surface area contributed by atoms with E-state index in [0.717, 1.165) is 0 Å². The van der Waals surface area contributed by atoms with Gasteiger partial charge >= 0.3 is 0 Å². The number of aromatic nitrogens is 4. The molecule has 274 valence electrons. The van der Waals surface area contributed by atoms with E-state index in [4.69, 9.17) is 9.97 Å². The van der Waals surface area contributed by atoms with E-state index in [1.807, 2.05) is 0 Å². The summed E-state index contributed by atoms with van der Waals surface area (Å²) in [6.07, 6.45) is 6.83. The van der Waals surface area contributed by atoms with Gasteiger partial charge in [0.1, 0.15) is 46.0 Å². The number of nitrogens with zero attached hydrogens (tertiary/aromatic N) is 2. The molecule has 0 saturated carbocycles. The minimum atomic E-state index is -0.160. The third-order valence-electron chi connectivity index (χ3n) is 9.75. The highest BCUT2D eigenvalue weighted by atomic mass is 16.3. The van der Waals surface area contributed by atoms with Gasteiger partial charge in [0.15, 0.2) is 0 Å². The summed E-state index contributed by atoms with van der Waals surface area (Å²) in [5.74, 6) is -1.02. The molecule has 0 atom stereocenters. The highest BCUT2D eigenvalue weighted by Crippen LogP contribution is 2.45. The third kappa shape index (κ3) is 5.65. The summed E-state index contributed by atoms with van der Waals surface area (Å²) >= 11 is 0. The van der Waals surface area contributed by atoms with Gasteiger partial charge in [-0.2, -0.15) is 0 Å². The number of aromatic amines is 2. The van der Waals surface area contributed by atoms with Gasteiger partial charge in [0.05, 0.1) is 22.8 Å². The minimum absolute atomic E-state index is 0.100. The topological polar surface area (TPSA) is 219 Å². The van der Waals surface area contributed by atoms with Crippen LogP contribution < -0.4 is 0 Å². The van der Waals surface area contributed by atoms with E-state index in [9.17, 15) is 40.9 Å². The smallest absolute Gasteiger partial charge is 0.123 e. The molecular weight excluding hydrogens is 713 g/mol. The number of hydrogen-bond acceptors (Lipinski definition) is 10. The Hall–Kier alpha value is -8.12. The Bertz CT molecular complexity index is 2880. The zero-order valence-electron chi connectivity index (χ0n) is 29.0. The number of phenolic OH excluding ortho intramolecular Hbond substituents is 8. The average Bonchev–Trinajstić information content (AvgIpc) is 4.01. The number of benzene rings is 4. The van der Waals surface area contributed by atoms with Gasteiger partial charge in [0, 0.05) is 66.6 Å². The van der Waals surface area contributed by atoms with Gasteiger partial charge < -0.3 is 50.8 Å². The summed E-state index contributed by atoms with van der Waals surface area (Å²) in [4.78, 5) is 16.8. The van der Waals surface area contributed by atoms with Gasteiger partial charge in [0.2, 0.25) is 0 Å². The first-order chi connectivity index (χ1) is 27.0. The van der Waals surface area contributed by atoms with Gasteiger partial charge in [-0.1, -0.05) is 0 Å². The quantitative estimate of drug-likeness (QED) is 0.0771. The van der Waals surface area contributed by atoms with Crippen molar-refractivity contribution < 1.29 is 40.9 Å². The van der Waals surface area contributed by atoms with E-state index in [2.05, 4.69) is 9.97 Å². The Kier molecular flexibility index (Phi) is 7.69. The molecule has 3 aromatic heterocycles. The predicted octanol–water partition coefficient (Wildman–Crippen LogP) is 8.97. The lowest BCUT2D eigenvalue weighted by Crippen LogP contribution is -1.92. The van der Waals surface area contributed by atoms with E-state index in [1.165, 1.54) is 72.8 Å². The van der Waals surface area contributed by atoms with Crippen molar-refractivity contribution in [3.05, 3.63) is 120 Å². The van der Waals surface area contributed by atoms with Crippen molar-refractivity contribution >= 4 is 46.4 Å². The van der Waals surface area contributed by atoms with Gasteiger partial charge in [-0.25, -0.2) is 9.97 Å². The molecule has 8 bridgehead atoms. The first-order valence-corrected chi connectivity index (χ1v) is 17.3. The molecule has 0 amide bonds. The molecule has 0 fully saturated rings. The Morgan fingerprint density at radius 2 is 0.571 bits per heavy atom. The van der Waals surface area contributed by atoms with Crippen LogP contribution in [0.3, 0.4) is 0 Å². The van der Waals surface area contributed by atoms with Crippen LogP contribution in [0.4, 0.5) is 0 Å². The van der Waals surface area contributed by atoms with Gasteiger partial charge in [-0.05, 0) is 121 Å². The molecule has 56 heavy (non-hydrogen) atoms. The SMILES string of the molecule is Oc1ccc(O)c(-c2c3nc(c(-c4cc(O)ccc4O)c4ccc([nH]4)c(-c4cc(O)ccc4O)c4ccc([nH]4)c(-c4cc(O)ccc4O)c4nc2C=C4)C=C3)c1. The molecular formula is C44H30N4O8. The highest BCUT2D eigenvalue weighted by Gasteiger charge is 2.23. The molecule has 2 aliphatic rings. The maximum absolute atomic E-state index is 11.2. The fourth-order valence-electron chi connectivity index (χ4n) is 7.24. The summed E-state index contributed by atoms with van der Waals surface area (Å²) < 4.78 is 0. The lowest BCUT2D eigenvalue weighted by Gasteiger charge is -2.10. The number of fused-ring (bicyclic) bond motifs is 8.